The van der Waals surface area contributed by atoms with Crippen molar-refractivity contribution in [1.82, 2.24) is 20.1 Å². The van der Waals surface area contributed by atoms with Crippen LogP contribution in [0, 0.1) is 0 Å². The van der Waals surface area contributed by atoms with Gasteiger partial charge in [0.15, 0.2) is 5.96 Å². The first-order valence-electron chi connectivity index (χ1n) is 9.51. The molecule has 2 heterocycles. The molecular weight excluding hydrogens is 469 g/mol. The van der Waals surface area contributed by atoms with Gasteiger partial charge in [-0.25, -0.2) is 9.98 Å². The highest BCUT2D eigenvalue weighted by molar-refractivity contribution is 14.0. The number of halogens is 1. The second-order valence-corrected chi connectivity index (χ2v) is 7.69. The average molecular weight is 499 g/mol. The molecule has 1 saturated heterocycles. The Kier molecular flexibility index (Phi) is 9.50. The lowest BCUT2D eigenvalue weighted by Gasteiger charge is -2.36. The molecule has 0 unspecified atom stereocenters. The second-order valence-electron chi connectivity index (χ2n) is 6.49. The maximum Gasteiger partial charge on any atom is 0.194 e. The second kappa shape index (κ2) is 11.6. The number of hydrogen-bond donors (Lipinski definition) is 1. The average Bonchev–Trinajstić information content (AvgIpc) is 3.15. The minimum Gasteiger partial charge on any atom is -0.357 e. The molecule has 148 valence electrons. The molecule has 2 aromatic rings. The molecule has 1 fully saturated rings. The Balaban J connectivity index is 0.00000261. The number of aliphatic imine (C=N–C) groups is 1. The molecule has 5 nitrogen and oxygen atoms in total. The van der Waals surface area contributed by atoms with Crippen LogP contribution in [-0.4, -0.2) is 53.5 Å². The Hall–Kier alpha value is -1.19. The van der Waals surface area contributed by atoms with E-state index in [9.17, 15) is 0 Å². The van der Waals surface area contributed by atoms with Crippen LogP contribution in [0.3, 0.4) is 0 Å². The summed E-state index contributed by atoms with van der Waals surface area (Å²) in [6.45, 7) is 11.0. The van der Waals surface area contributed by atoms with Crippen molar-refractivity contribution >= 4 is 41.3 Å². The summed E-state index contributed by atoms with van der Waals surface area (Å²) in [6.07, 6.45) is 3.02. The maximum absolute atomic E-state index is 4.82. The van der Waals surface area contributed by atoms with Crippen LogP contribution >= 0.6 is 35.3 Å². The standard InChI is InChI=1S/C20H29N5S.HI/c1-3-18-14-22-19(26-18)15-23-20(21-4-2)25-12-10-24(11-13-25)16-17-8-6-5-7-9-17;/h5-9,14H,3-4,10-13,15-16H2,1-2H3,(H,21,23);1H. The van der Waals surface area contributed by atoms with Crippen LogP contribution in [0.1, 0.15) is 29.3 Å². The summed E-state index contributed by atoms with van der Waals surface area (Å²) in [5.74, 6) is 1.01. The smallest absolute Gasteiger partial charge is 0.194 e. The van der Waals surface area contributed by atoms with Crippen molar-refractivity contribution in [3.63, 3.8) is 0 Å². The van der Waals surface area contributed by atoms with E-state index in [1.54, 1.807) is 11.3 Å². The number of benzene rings is 1. The molecule has 1 aliphatic heterocycles. The van der Waals surface area contributed by atoms with Gasteiger partial charge in [0.1, 0.15) is 5.01 Å². The number of aryl methyl sites for hydroxylation is 1. The van der Waals surface area contributed by atoms with E-state index in [0.29, 0.717) is 6.54 Å². The highest BCUT2D eigenvalue weighted by Gasteiger charge is 2.19. The normalized spacial score (nSPS) is 15.5. The Morgan fingerprint density at radius 2 is 1.89 bits per heavy atom. The molecule has 1 aromatic heterocycles. The van der Waals surface area contributed by atoms with E-state index in [-0.39, 0.29) is 24.0 Å². The minimum absolute atomic E-state index is 0. The molecule has 0 atom stereocenters. The molecule has 0 saturated carbocycles. The summed E-state index contributed by atoms with van der Waals surface area (Å²) < 4.78 is 0. The van der Waals surface area contributed by atoms with Crippen molar-refractivity contribution in [2.45, 2.75) is 33.4 Å². The topological polar surface area (TPSA) is 43.8 Å². The van der Waals surface area contributed by atoms with E-state index in [0.717, 1.165) is 56.7 Å². The third kappa shape index (κ3) is 6.73. The van der Waals surface area contributed by atoms with Gasteiger partial charge in [-0.3, -0.25) is 4.90 Å². The van der Waals surface area contributed by atoms with Crippen molar-refractivity contribution in [3.05, 3.63) is 52.0 Å². The van der Waals surface area contributed by atoms with Gasteiger partial charge < -0.3 is 10.2 Å². The summed E-state index contributed by atoms with van der Waals surface area (Å²) in [6, 6.07) is 10.7. The third-order valence-corrected chi connectivity index (χ3v) is 5.70. The zero-order valence-electron chi connectivity index (χ0n) is 16.2. The highest BCUT2D eigenvalue weighted by Crippen LogP contribution is 2.14. The monoisotopic (exact) mass is 499 g/mol. The van der Waals surface area contributed by atoms with Crippen LogP contribution in [0.2, 0.25) is 0 Å². The third-order valence-electron chi connectivity index (χ3n) is 4.57. The van der Waals surface area contributed by atoms with Gasteiger partial charge in [-0.1, -0.05) is 37.3 Å². The van der Waals surface area contributed by atoms with Gasteiger partial charge in [0.25, 0.3) is 0 Å². The number of aromatic nitrogens is 1. The summed E-state index contributed by atoms with van der Waals surface area (Å²) in [5, 5.41) is 4.54. The number of hydrogen-bond acceptors (Lipinski definition) is 4. The molecule has 0 radical (unpaired) electrons. The van der Waals surface area contributed by atoms with E-state index in [2.05, 4.69) is 64.3 Å². The summed E-state index contributed by atoms with van der Waals surface area (Å²) in [5.41, 5.74) is 1.39. The summed E-state index contributed by atoms with van der Waals surface area (Å²) in [4.78, 5) is 15.5. The first-order chi connectivity index (χ1) is 12.8. The zero-order valence-corrected chi connectivity index (χ0v) is 19.4. The Morgan fingerprint density at radius 1 is 1.15 bits per heavy atom. The van der Waals surface area contributed by atoms with E-state index in [4.69, 9.17) is 4.99 Å². The van der Waals surface area contributed by atoms with Crippen molar-refractivity contribution in [3.8, 4) is 0 Å². The number of piperazine rings is 1. The molecule has 7 heteroatoms. The van der Waals surface area contributed by atoms with Gasteiger partial charge >= 0.3 is 0 Å². The summed E-state index contributed by atoms with van der Waals surface area (Å²) >= 11 is 1.77. The predicted molar refractivity (Wildman–Crippen MR) is 125 cm³/mol. The molecule has 0 spiro atoms. The number of guanidine groups is 1. The van der Waals surface area contributed by atoms with Crippen LogP contribution in [0.4, 0.5) is 0 Å². The van der Waals surface area contributed by atoms with E-state index in [1.165, 1.54) is 10.4 Å². The molecule has 1 aromatic carbocycles. The molecular formula is C20H30IN5S. The number of nitrogens with one attached hydrogen (secondary N) is 1. The number of nitrogens with zero attached hydrogens (tertiary/aromatic N) is 4. The molecule has 3 rings (SSSR count). The molecule has 27 heavy (non-hydrogen) atoms. The zero-order chi connectivity index (χ0) is 18.2. The first-order valence-corrected chi connectivity index (χ1v) is 10.3. The molecule has 0 amide bonds. The van der Waals surface area contributed by atoms with Gasteiger partial charge in [0.2, 0.25) is 0 Å². The Labute approximate surface area is 183 Å². The fourth-order valence-electron chi connectivity index (χ4n) is 3.11. The van der Waals surface area contributed by atoms with Crippen molar-refractivity contribution in [2.75, 3.05) is 32.7 Å². The predicted octanol–water partition coefficient (Wildman–Crippen LogP) is 3.61. The van der Waals surface area contributed by atoms with Gasteiger partial charge in [-0.15, -0.1) is 35.3 Å². The molecule has 1 N–H and O–H groups in total. The summed E-state index contributed by atoms with van der Waals surface area (Å²) in [7, 11) is 0. The maximum atomic E-state index is 4.82. The van der Waals surface area contributed by atoms with Crippen molar-refractivity contribution < 1.29 is 0 Å². The number of thiazole rings is 1. The van der Waals surface area contributed by atoms with Gasteiger partial charge in [0, 0.05) is 50.3 Å². The van der Waals surface area contributed by atoms with E-state index >= 15 is 0 Å². The lowest BCUT2D eigenvalue weighted by molar-refractivity contribution is 0.172. The van der Waals surface area contributed by atoms with E-state index < -0.39 is 0 Å². The Morgan fingerprint density at radius 3 is 2.52 bits per heavy atom. The largest absolute Gasteiger partial charge is 0.357 e. The van der Waals surface area contributed by atoms with Crippen molar-refractivity contribution in [2.24, 2.45) is 4.99 Å². The quantitative estimate of drug-likeness (QED) is 0.375. The SMILES string of the molecule is CCNC(=NCc1ncc(CC)s1)N1CCN(Cc2ccccc2)CC1.I. The minimum atomic E-state index is 0. The molecule has 0 aliphatic carbocycles. The Bertz CT molecular complexity index is 695. The molecule has 0 bridgehead atoms. The van der Waals surface area contributed by atoms with Crippen LogP contribution in [-0.2, 0) is 19.5 Å². The van der Waals surface area contributed by atoms with Crippen LogP contribution < -0.4 is 5.32 Å². The highest BCUT2D eigenvalue weighted by atomic mass is 127. The van der Waals surface area contributed by atoms with E-state index in [1.807, 2.05) is 6.20 Å². The first kappa shape index (κ1) is 22.1. The lowest BCUT2D eigenvalue weighted by Crippen LogP contribution is -2.52. The fourth-order valence-corrected chi connectivity index (χ4v) is 3.90. The molecule has 1 aliphatic rings. The van der Waals surface area contributed by atoms with Crippen LogP contribution in [0.15, 0.2) is 41.5 Å². The lowest BCUT2D eigenvalue weighted by atomic mass is 10.2. The van der Waals surface area contributed by atoms with Crippen LogP contribution in [0.25, 0.3) is 0 Å². The van der Waals surface area contributed by atoms with Crippen LogP contribution in [0.5, 0.6) is 0 Å². The van der Waals surface area contributed by atoms with Gasteiger partial charge in [-0.2, -0.15) is 0 Å². The van der Waals surface area contributed by atoms with Gasteiger partial charge in [0.05, 0.1) is 6.54 Å². The number of rotatable bonds is 6. The van der Waals surface area contributed by atoms with Crippen molar-refractivity contribution in [1.29, 1.82) is 0 Å². The fraction of sp³-hybridized carbons (Fsp3) is 0.500. The van der Waals surface area contributed by atoms with Gasteiger partial charge in [-0.05, 0) is 18.9 Å².